The highest BCUT2D eigenvalue weighted by Gasteiger charge is 2.32. The number of hydrogen-bond acceptors (Lipinski definition) is 7. The predicted octanol–water partition coefficient (Wildman–Crippen LogP) is 6.26. The van der Waals surface area contributed by atoms with Gasteiger partial charge < -0.3 is 9.15 Å². The lowest BCUT2D eigenvalue weighted by molar-refractivity contribution is -0.384. The van der Waals surface area contributed by atoms with E-state index in [2.05, 4.69) is 46.3 Å². The molecule has 10 heteroatoms. The van der Waals surface area contributed by atoms with Crippen LogP contribution in [0.5, 0.6) is 5.75 Å². The molecule has 2 aromatic heterocycles. The van der Waals surface area contributed by atoms with Crippen LogP contribution in [0.15, 0.2) is 103 Å². The highest BCUT2D eigenvalue weighted by Crippen LogP contribution is 2.41. The van der Waals surface area contributed by atoms with Crippen LogP contribution in [0.4, 0.5) is 5.69 Å². The minimum absolute atomic E-state index is 0.0749. The van der Waals surface area contributed by atoms with Crippen LogP contribution < -0.4 is 19.6 Å². The molecule has 3 heterocycles. The maximum Gasteiger partial charge on any atom is 0.273 e. The Morgan fingerprint density at radius 2 is 1.88 bits per heavy atom. The number of nitro groups is 1. The van der Waals surface area contributed by atoms with Gasteiger partial charge in [0.2, 0.25) is 0 Å². The molecule has 0 N–H and O–H groups in total. The number of fused-ring (bicyclic) bond motifs is 3. The molecule has 1 unspecified atom stereocenters. The fourth-order valence-electron chi connectivity index (χ4n) is 5.67. The summed E-state index contributed by atoms with van der Waals surface area (Å²) in [6.45, 7) is 0. The molecule has 0 radical (unpaired) electrons. The summed E-state index contributed by atoms with van der Waals surface area (Å²) < 4.78 is 14.7. The SMILES string of the molecule is COc1cc([N+](=O)[O-])ccc1-c1ccc(C=c2sc3n(c2=O)C(c2ccc(Br)cc2)C2=C(N=3)c3ccccc3CC2)o1. The number of non-ortho nitro benzene ring substituents is 1. The molecule has 3 aromatic carbocycles. The van der Waals surface area contributed by atoms with Crippen molar-refractivity contribution in [3.8, 4) is 17.1 Å². The zero-order valence-electron chi connectivity index (χ0n) is 22.2. The summed E-state index contributed by atoms with van der Waals surface area (Å²) in [5.41, 5.74) is 5.86. The number of allylic oxidation sites excluding steroid dienone is 1. The Balaban J connectivity index is 1.36. The molecule has 1 aliphatic heterocycles. The molecule has 7 rings (SSSR count). The third-order valence-corrected chi connectivity index (χ3v) is 9.13. The van der Waals surface area contributed by atoms with E-state index in [0.717, 1.165) is 39.7 Å². The van der Waals surface area contributed by atoms with Crippen molar-refractivity contribution in [3.05, 3.63) is 141 Å². The molecule has 0 spiro atoms. The van der Waals surface area contributed by atoms with Crippen LogP contribution >= 0.6 is 27.3 Å². The first kappa shape index (κ1) is 26.4. The monoisotopic (exact) mass is 639 g/mol. The lowest BCUT2D eigenvalue weighted by atomic mass is 9.83. The van der Waals surface area contributed by atoms with E-state index in [9.17, 15) is 14.9 Å². The van der Waals surface area contributed by atoms with Crippen molar-refractivity contribution in [1.82, 2.24) is 4.57 Å². The Labute approximate surface area is 251 Å². The topological polar surface area (TPSA) is 99.9 Å². The highest BCUT2D eigenvalue weighted by molar-refractivity contribution is 9.10. The second-order valence-corrected chi connectivity index (χ2v) is 11.9. The van der Waals surface area contributed by atoms with Gasteiger partial charge in [0.05, 0.1) is 39.9 Å². The third kappa shape index (κ3) is 4.43. The Morgan fingerprint density at radius 3 is 2.67 bits per heavy atom. The largest absolute Gasteiger partial charge is 0.496 e. The zero-order chi connectivity index (χ0) is 29.0. The minimum atomic E-state index is -0.475. The maximum atomic E-state index is 14.0. The van der Waals surface area contributed by atoms with Gasteiger partial charge in [-0.1, -0.05) is 63.7 Å². The molecule has 0 bridgehead atoms. The average Bonchev–Trinajstić information content (AvgIpc) is 3.60. The van der Waals surface area contributed by atoms with Gasteiger partial charge in [-0.05, 0) is 59.9 Å². The maximum absolute atomic E-state index is 14.0. The first-order valence-corrected chi connectivity index (χ1v) is 14.8. The first-order chi connectivity index (χ1) is 20.4. The molecule has 42 heavy (non-hydrogen) atoms. The predicted molar refractivity (Wildman–Crippen MR) is 164 cm³/mol. The Bertz CT molecular complexity index is 2110. The molecule has 208 valence electrons. The summed E-state index contributed by atoms with van der Waals surface area (Å²) in [5, 5.41) is 11.2. The fourth-order valence-corrected chi connectivity index (χ4v) is 6.91. The van der Waals surface area contributed by atoms with Crippen molar-refractivity contribution in [2.24, 2.45) is 4.99 Å². The lowest BCUT2D eigenvalue weighted by Crippen LogP contribution is -2.38. The molecular formula is C32H22BrN3O5S. The number of methoxy groups -OCH3 is 1. The van der Waals surface area contributed by atoms with E-state index in [4.69, 9.17) is 14.1 Å². The van der Waals surface area contributed by atoms with Crippen LogP contribution in [0.25, 0.3) is 23.1 Å². The van der Waals surface area contributed by atoms with Gasteiger partial charge in [-0.2, -0.15) is 0 Å². The van der Waals surface area contributed by atoms with Crippen LogP contribution in [-0.2, 0) is 6.42 Å². The summed E-state index contributed by atoms with van der Waals surface area (Å²) in [6, 6.07) is 24.1. The number of aryl methyl sites for hydroxylation is 1. The highest BCUT2D eigenvalue weighted by atomic mass is 79.9. The normalized spacial score (nSPS) is 16.0. The van der Waals surface area contributed by atoms with E-state index in [0.29, 0.717) is 32.2 Å². The summed E-state index contributed by atoms with van der Waals surface area (Å²) >= 11 is 4.87. The summed E-state index contributed by atoms with van der Waals surface area (Å²) in [4.78, 5) is 30.4. The van der Waals surface area contributed by atoms with Gasteiger partial charge in [-0.15, -0.1) is 0 Å². The molecule has 0 saturated carbocycles. The van der Waals surface area contributed by atoms with Gasteiger partial charge in [0.1, 0.15) is 17.3 Å². The van der Waals surface area contributed by atoms with Crippen molar-refractivity contribution < 1.29 is 14.1 Å². The number of nitro benzene ring substituents is 1. The molecular weight excluding hydrogens is 618 g/mol. The smallest absolute Gasteiger partial charge is 0.273 e. The van der Waals surface area contributed by atoms with Gasteiger partial charge in [-0.25, -0.2) is 4.99 Å². The van der Waals surface area contributed by atoms with E-state index in [1.54, 1.807) is 28.8 Å². The van der Waals surface area contributed by atoms with E-state index in [-0.39, 0.29) is 17.3 Å². The first-order valence-electron chi connectivity index (χ1n) is 13.2. The lowest BCUT2D eigenvalue weighted by Gasteiger charge is -2.30. The number of nitrogens with zero attached hydrogens (tertiary/aromatic N) is 3. The molecule has 5 aromatic rings. The van der Waals surface area contributed by atoms with Gasteiger partial charge in [0.15, 0.2) is 4.80 Å². The van der Waals surface area contributed by atoms with Gasteiger partial charge in [0, 0.05) is 22.2 Å². The summed E-state index contributed by atoms with van der Waals surface area (Å²) in [5.74, 6) is 1.27. The number of aromatic nitrogens is 1. The second kappa shape index (κ2) is 10.4. The van der Waals surface area contributed by atoms with Crippen LogP contribution in [0.1, 0.15) is 34.9 Å². The number of hydrogen-bond donors (Lipinski definition) is 0. The zero-order valence-corrected chi connectivity index (χ0v) is 24.6. The van der Waals surface area contributed by atoms with Crippen molar-refractivity contribution in [2.45, 2.75) is 18.9 Å². The van der Waals surface area contributed by atoms with Crippen LogP contribution in [0, 0.1) is 10.1 Å². The van der Waals surface area contributed by atoms with E-state index in [1.165, 1.54) is 36.1 Å². The summed E-state index contributed by atoms with van der Waals surface area (Å²) in [7, 11) is 1.45. The minimum Gasteiger partial charge on any atom is -0.496 e. The number of benzene rings is 3. The van der Waals surface area contributed by atoms with Crippen molar-refractivity contribution in [2.75, 3.05) is 7.11 Å². The summed E-state index contributed by atoms with van der Waals surface area (Å²) in [6.07, 6.45) is 3.43. The number of furan rings is 1. The van der Waals surface area contributed by atoms with Crippen LogP contribution in [0.2, 0.25) is 0 Å². The van der Waals surface area contributed by atoms with Crippen molar-refractivity contribution in [3.63, 3.8) is 0 Å². The number of halogens is 1. The van der Waals surface area contributed by atoms with Crippen molar-refractivity contribution in [1.29, 1.82) is 0 Å². The number of thiazole rings is 1. The number of rotatable bonds is 5. The van der Waals surface area contributed by atoms with Gasteiger partial charge in [0.25, 0.3) is 11.2 Å². The van der Waals surface area contributed by atoms with E-state index >= 15 is 0 Å². The Hall–Kier alpha value is -4.54. The number of ether oxygens (including phenoxy) is 1. The van der Waals surface area contributed by atoms with Crippen LogP contribution in [0.3, 0.4) is 0 Å². The van der Waals surface area contributed by atoms with E-state index < -0.39 is 4.92 Å². The quantitative estimate of drug-likeness (QED) is 0.167. The average molecular weight is 641 g/mol. The standard InChI is InChI=1S/C32H22BrN3O5S/c1-40-27-16-21(36(38)39)11-14-24(27)26-15-12-22(41-26)17-28-31(37)35-30(19-6-9-20(33)10-7-19)25-13-8-18-4-2-3-5-23(18)29(25)34-32(35)42-28/h2-7,9-12,14-17,30H,8,13H2,1H3. The molecule has 0 saturated heterocycles. The van der Waals surface area contributed by atoms with Gasteiger partial charge in [-0.3, -0.25) is 19.5 Å². The molecule has 0 amide bonds. The molecule has 1 atom stereocenters. The molecule has 2 aliphatic rings. The Morgan fingerprint density at radius 1 is 1.07 bits per heavy atom. The third-order valence-electron chi connectivity index (χ3n) is 7.62. The van der Waals surface area contributed by atoms with Crippen LogP contribution in [-0.4, -0.2) is 16.6 Å². The van der Waals surface area contributed by atoms with Crippen molar-refractivity contribution >= 4 is 44.7 Å². The molecule has 8 nitrogen and oxygen atoms in total. The second-order valence-electron chi connectivity index (χ2n) is 10.0. The Kier molecular flexibility index (Phi) is 6.52. The van der Waals surface area contributed by atoms with Gasteiger partial charge >= 0.3 is 0 Å². The molecule has 0 fully saturated rings. The molecule has 1 aliphatic carbocycles. The van der Waals surface area contributed by atoms with E-state index in [1.807, 2.05) is 18.2 Å². The fraction of sp³-hybridized carbons (Fsp3) is 0.125.